The number of aromatic nitrogens is 3. The maximum Gasteiger partial charge on any atom is 0.232 e. The fraction of sp³-hybridized carbons (Fsp3) is 0.217. The van der Waals surface area contributed by atoms with E-state index in [2.05, 4.69) is 15.1 Å². The van der Waals surface area contributed by atoms with Crippen molar-refractivity contribution < 1.29 is 13.7 Å². The van der Waals surface area contributed by atoms with Crippen LogP contribution < -0.4 is 4.90 Å². The van der Waals surface area contributed by atoms with Crippen molar-refractivity contribution in [3.8, 4) is 11.5 Å². The van der Waals surface area contributed by atoms with Crippen molar-refractivity contribution in [2.24, 2.45) is 0 Å². The molecule has 3 heterocycles. The molecule has 150 valence electrons. The van der Waals surface area contributed by atoms with Crippen LogP contribution in [0.3, 0.4) is 0 Å². The third-order valence-corrected chi connectivity index (χ3v) is 5.54. The number of hydrogen-bond acceptors (Lipinski definition) is 5. The van der Waals surface area contributed by atoms with Gasteiger partial charge < -0.3 is 9.42 Å². The quantitative estimate of drug-likeness (QED) is 0.502. The summed E-state index contributed by atoms with van der Waals surface area (Å²) in [5, 5.41) is 5.17. The largest absolute Gasteiger partial charge is 0.339 e. The van der Waals surface area contributed by atoms with E-state index in [1.54, 1.807) is 24.0 Å². The maximum absolute atomic E-state index is 13.9. The summed E-state index contributed by atoms with van der Waals surface area (Å²) in [5.74, 6) is 0.112. The van der Waals surface area contributed by atoms with Crippen LogP contribution in [0.4, 0.5) is 10.1 Å². The highest BCUT2D eigenvalue weighted by Gasteiger charge is 2.35. The van der Waals surface area contributed by atoms with Gasteiger partial charge in [0.25, 0.3) is 0 Å². The molecule has 1 atom stereocenters. The number of fused-ring (bicyclic) bond motifs is 1. The third kappa shape index (κ3) is 3.12. The lowest BCUT2D eigenvalue weighted by molar-refractivity contribution is -0.117. The number of nitrogens with zero attached hydrogens (tertiary/aromatic N) is 4. The predicted molar refractivity (Wildman–Crippen MR) is 111 cm³/mol. The molecule has 1 unspecified atom stereocenters. The first kappa shape index (κ1) is 18.4. The van der Waals surface area contributed by atoms with Crippen LogP contribution in [-0.2, 0) is 4.79 Å². The van der Waals surface area contributed by atoms with E-state index >= 15 is 0 Å². The van der Waals surface area contributed by atoms with Crippen molar-refractivity contribution in [2.45, 2.75) is 26.2 Å². The fourth-order valence-electron chi connectivity index (χ4n) is 3.84. The number of pyridine rings is 1. The molecule has 2 aromatic heterocycles. The number of carbonyl (C=O) groups is 1. The highest BCUT2D eigenvalue weighted by molar-refractivity contribution is 5.96. The van der Waals surface area contributed by atoms with Gasteiger partial charge in [-0.2, -0.15) is 4.98 Å². The minimum Gasteiger partial charge on any atom is -0.339 e. The normalized spacial score (nSPS) is 16.6. The maximum atomic E-state index is 13.9. The van der Waals surface area contributed by atoms with Crippen molar-refractivity contribution in [1.82, 2.24) is 15.1 Å². The van der Waals surface area contributed by atoms with Gasteiger partial charge in [-0.05, 0) is 49.2 Å². The van der Waals surface area contributed by atoms with E-state index in [-0.39, 0.29) is 24.1 Å². The average Bonchev–Trinajstić information content (AvgIpc) is 3.37. The van der Waals surface area contributed by atoms with Crippen molar-refractivity contribution >= 4 is 22.5 Å². The van der Waals surface area contributed by atoms with Crippen molar-refractivity contribution in [2.75, 3.05) is 11.4 Å². The Morgan fingerprint density at radius 2 is 1.90 bits per heavy atom. The minimum absolute atomic E-state index is 0.0947. The van der Waals surface area contributed by atoms with Gasteiger partial charge in [0, 0.05) is 24.0 Å². The Bertz CT molecular complexity index is 1280. The van der Waals surface area contributed by atoms with Crippen LogP contribution in [0.15, 0.2) is 53.1 Å². The second-order valence-electron chi connectivity index (χ2n) is 7.64. The monoisotopic (exact) mass is 402 g/mol. The molecule has 4 aromatic rings. The van der Waals surface area contributed by atoms with E-state index in [0.717, 1.165) is 16.5 Å². The molecule has 0 radical (unpaired) electrons. The molecule has 0 saturated carbocycles. The zero-order valence-electron chi connectivity index (χ0n) is 16.6. The van der Waals surface area contributed by atoms with E-state index in [1.807, 2.05) is 37.3 Å². The predicted octanol–water partition coefficient (Wildman–Crippen LogP) is 4.56. The van der Waals surface area contributed by atoms with Crippen LogP contribution in [0.5, 0.6) is 0 Å². The molecule has 5 rings (SSSR count). The minimum atomic E-state index is -0.332. The van der Waals surface area contributed by atoms with E-state index in [1.165, 1.54) is 6.07 Å². The second-order valence-corrected chi connectivity index (χ2v) is 7.64. The number of halogens is 1. The number of para-hydroxylation sites is 1. The van der Waals surface area contributed by atoms with Gasteiger partial charge >= 0.3 is 0 Å². The summed E-state index contributed by atoms with van der Waals surface area (Å²) in [6.07, 6.45) is 0.237. The number of anilines is 1. The number of hydrogen-bond donors (Lipinski definition) is 0. The number of aryl methyl sites for hydroxylation is 2. The summed E-state index contributed by atoms with van der Waals surface area (Å²) in [6.45, 7) is 4.08. The summed E-state index contributed by atoms with van der Waals surface area (Å²) in [6, 6.07) is 14.6. The van der Waals surface area contributed by atoms with Crippen LogP contribution in [-0.4, -0.2) is 27.6 Å². The SMILES string of the molecule is Cc1ccc(N2CC(c3nc(-c4cc(C)c5ccccc5n4)no3)CC2=O)cc1F. The molecular formula is C23H19FN4O2. The van der Waals surface area contributed by atoms with Gasteiger partial charge in [0.1, 0.15) is 11.5 Å². The summed E-state index contributed by atoms with van der Waals surface area (Å²) >= 11 is 0. The second kappa shape index (κ2) is 7.02. The lowest BCUT2D eigenvalue weighted by Crippen LogP contribution is -2.24. The number of carbonyl (C=O) groups excluding carboxylic acids is 1. The van der Waals surface area contributed by atoms with Gasteiger partial charge in [-0.15, -0.1) is 0 Å². The van der Waals surface area contributed by atoms with E-state index in [4.69, 9.17) is 4.52 Å². The Hall–Kier alpha value is -3.61. The first-order chi connectivity index (χ1) is 14.5. The topological polar surface area (TPSA) is 72.1 Å². The molecule has 1 fully saturated rings. The van der Waals surface area contributed by atoms with Gasteiger partial charge in [0.15, 0.2) is 0 Å². The van der Waals surface area contributed by atoms with E-state index in [0.29, 0.717) is 35.2 Å². The third-order valence-electron chi connectivity index (χ3n) is 5.54. The van der Waals surface area contributed by atoms with Gasteiger partial charge in [0.2, 0.25) is 17.6 Å². The van der Waals surface area contributed by atoms with E-state index in [9.17, 15) is 9.18 Å². The summed E-state index contributed by atoms with van der Waals surface area (Å²) < 4.78 is 19.4. The molecule has 0 aliphatic carbocycles. The Labute approximate surface area is 172 Å². The molecule has 0 bridgehead atoms. The molecule has 0 N–H and O–H groups in total. The van der Waals surface area contributed by atoms with E-state index < -0.39 is 0 Å². The Morgan fingerprint density at radius 1 is 1.07 bits per heavy atom. The molecule has 1 aliphatic rings. The first-order valence-corrected chi connectivity index (χ1v) is 9.76. The molecular weight excluding hydrogens is 383 g/mol. The molecule has 1 aliphatic heterocycles. The van der Waals surface area contributed by atoms with Gasteiger partial charge in [-0.3, -0.25) is 4.79 Å². The van der Waals surface area contributed by atoms with Crippen LogP contribution in [0.2, 0.25) is 0 Å². The van der Waals surface area contributed by atoms with Crippen molar-refractivity contribution in [3.05, 3.63) is 71.4 Å². The Balaban J connectivity index is 1.42. The fourth-order valence-corrected chi connectivity index (χ4v) is 3.84. The Kier molecular flexibility index (Phi) is 4.31. The van der Waals surface area contributed by atoms with Crippen LogP contribution in [0.1, 0.15) is 29.4 Å². The average molecular weight is 402 g/mol. The summed E-state index contributed by atoms with van der Waals surface area (Å²) in [4.78, 5) is 23.2. The molecule has 30 heavy (non-hydrogen) atoms. The van der Waals surface area contributed by atoms with Crippen LogP contribution >= 0.6 is 0 Å². The standard InChI is InChI=1S/C23H19FN4O2/c1-13-7-8-16(11-18(13)24)28-12-15(10-21(28)29)23-26-22(27-30-23)20-9-14(2)17-5-3-4-6-19(17)25-20/h3-9,11,15H,10,12H2,1-2H3. The molecule has 6 nitrogen and oxygen atoms in total. The van der Waals surface area contributed by atoms with Crippen molar-refractivity contribution in [1.29, 1.82) is 0 Å². The molecule has 1 amide bonds. The van der Waals surface area contributed by atoms with Crippen LogP contribution in [0.25, 0.3) is 22.4 Å². The van der Waals surface area contributed by atoms with Gasteiger partial charge in [0.05, 0.1) is 11.4 Å². The molecule has 0 spiro atoms. The highest BCUT2D eigenvalue weighted by Crippen LogP contribution is 2.33. The van der Waals surface area contributed by atoms with Crippen LogP contribution in [0, 0.1) is 19.7 Å². The zero-order chi connectivity index (χ0) is 20.8. The zero-order valence-corrected chi connectivity index (χ0v) is 16.6. The molecule has 1 saturated heterocycles. The lowest BCUT2D eigenvalue weighted by Gasteiger charge is -2.16. The number of benzene rings is 2. The lowest BCUT2D eigenvalue weighted by atomic mass is 10.1. The Morgan fingerprint density at radius 3 is 2.73 bits per heavy atom. The first-order valence-electron chi connectivity index (χ1n) is 9.76. The highest BCUT2D eigenvalue weighted by atomic mass is 19.1. The number of amides is 1. The summed E-state index contributed by atoms with van der Waals surface area (Å²) in [5.41, 5.74) is 3.65. The smallest absolute Gasteiger partial charge is 0.232 e. The molecule has 7 heteroatoms. The summed E-state index contributed by atoms with van der Waals surface area (Å²) in [7, 11) is 0. The molecule has 2 aromatic carbocycles. The van der Waals surface area contributed by atoms with Crippen molar-refractivity contribution in [3.63, 3.8) is 0 Å². The number of rotatable bonds is 3. The van der Waals surface area contributed by atoms with Gasteiger partial charge in [-0.1, -0.05) is 29.4 Å². The van der Waals surface area contributed by atoms with Gasteiger partial charge in [-0.25, -0.2) is 9.37 Å².